The van der Waals surface area contributed by atoms with Gasteiger partial charge in [0.1, 0.15) is 11.9 Å². The number of aromatic nitrogens is 1. The number of sulfonamides is 2. The Bertz CT molecular complexity index is 1420. The molecule has 1 saturated heterocycles. The molecule has 0 spiro atoms. The number of nitrogens with two attached hydrogens (primary N) is 1. The zero-order valence-electron chi connectivity index (χ0n) is 21.9. The van der Waals surface area contributed by atoms with Crippen molar-refractivity contribution >= 4 is 31.8 Å². The summed E-state index contributed by atoms with van der Waals surface area (Å²) in [5.74, 6) is -0.577. The SMILES string of the molecule is CCS(=O)(=O)N(c1ccc(CN2CCCC(OC(N)=O)C2)c(-c2cn(C)c(=O)cc2OC)c1)S(=O)(=O)CC. The summed E-state index contributed by atoms with van der Waals surface area (Å²) in [6, 6.07) is 5.92. The number of piperidine rings is 1. The number of aryl methyl sites for hydroxylation is 1. The summed E-state index contributed by atoms with van der Waals surface area (Å²) in [4.78, 5) is 25.6. The van der Waals surface area contributed by atoms with Crippen LogP contribution in [0.5, 0.6) is 5.75 Å². The number of anilines is 1. The van der Waals surface area contributed by atoms with E-state index in [9.17, 15) is 26.4 Å². The largest absolute Gasteiger partial charge is 0.496 e. The van der Waals surface area contributed by atoms with E-state index < -0.39 is 37.6 Å². The number of benzene rings is 1. The predicted molar refractivity (Wildman–Crippen MR) is 144 cm³/mol. The number of ether oxygens (including phenoxy) is 2. The molecule has 2 N–H and O–H groups in total. The molecule has 1 aliphatic heterocycles. The molecule has 210 valence electrons. The first-order valence-corrected chi connectivity index (χ1v) is 15.4. The Kier molecular flexibility index (Phi) is 9.10. The van der Waals surface area contributed by atoms with Gasteiger partial charge in [-0.2, -0.15) is 3.71 Å². The van der Waals surface area contributed by atoms with Crippen LogP contribution in [-0.2, 0) is 38.4 Å². The molecule has 1 aromatic heterocycles. The number of pyridine rings is 1. The molecule has 1 aliphatic rings. The lowest BCUT2D eigenvalue weighted by molar-refractivity contribution is 0.0447. The first-order chi connectivity index (χ1) is 17.8. The normalized spacial score (nSPS) is 16.7. The maximum atomic E-state index is 12.9. The van der Waals surface area contributed by atoms with Crippen molar-refractivity contribution in [1.29, 1.82) is 0 Å². The van der Waals surface area contributed by atoms with Crippen molar-refractivity contribution in [2.45, 2.75) is 39.3 Å². The number of primary amides is 1. The van der Waals surface area contributed by atoms with Gasteiger partial charge in [0.2, 0.25) is 20.0 Å². The van der Waals surface area contributed by atoms with E-state index in [4.69, 9.17) is 15.2 Å². The molecule has 14 heteroatoms. The minimum atomic E-state index is -4.18. The van der Waals surface area contributed by atoms with Crippen molar-refractivity contribution in [3.8, 4) is 16.9 Å². The molecule has 0 radical (unpaired) electrons. The van der Waals surface area contributed by atoms with Crippen LogP contribution in [0.15, 0.2) is 35.3 Å². The van der Waals surface area contributed by atoms with Gasteiger partial charge in [0.05, 0.1) is 24.3 Å². The van der Waals surface area contributed by atoms with E-state index in [1.165, 1.54) is 43.7 Å². The molecule has 12 nitrogen and oxygen atoms in total. The fourth-order valence-corrected chi connectivity index (χ4v) is 7.79. The molecule has 0 aliphatic carbocycles. The number of methoxy groups -OCH3 is 1. The molecule has 0 saturated carbocycles. The number of rotatable bonds is 10. The maximum absolute atomic E-state index is 12.9. The van der Waals surface area contributed by atoms with Gasteiger partial charge in [-0.25, -0.2) is 21.6 Å². The molecular weight excluding hydrogens is 536 g/mol. The van der Waals surface area contributed by atoms with Crippen LogP contribution >= 0.6 is 0 Å². The highest BCUT2D eigenvalue weighted by molar-refractivity contribution is 8.10. The number of carbonyl (C=O) groups is 1. The third-order valence-electron chi connectivity index (χ3n) is 6.38. The topological polar surface area (TPSA) is 158 Å². The number of amides is 1. The third-order valence-corrected chi connectivity index (χ3v) is 10.6. The molecule has 1 fully saturated rings. The van der Waals surface area contributed by atoms with Gasteiger partial charge < -0.3 is 19.8 Å². The molecular formula is C24H34N4O8S2. The Labute approximate surface area is 223 Å². The summed E-state index contributed by atoms with van der Waals surface area (Å²) in [7, 11) is -5.39. The van der Waals surface area contributed by atoms with Gasteiger partial charge in [-0.1, -0.05) is 6.07 Å². The maximum Gasteiger partial charge on any atom is 0.404 e. The predicted octanol–water partition coefficient (Wildman–Crippen LogP) is 1.63. The van der Waals surface area contributed by atoms with Crippen LogP contribution in [0.2, 0.25) is 0 Å². The number of hydrogen-bond acceptors (Lipinski definition) is 9. The Morgan fingerprint density at radius 2 is 1.76 bits per heavy atom. The van der Waals surface area contributed by atoms with Crippen LogP contribution in [-0.4, -0.2) is 70.2 Å². The van der Waals surface area contributed by atoms with Crippen LogP contribution in [0, 0.1) is 0 Å². The summed E-state index contributed by atoms with van der Waals surface area (Å²) in [6.07, 6.45) is 1.80. The van der Waals surface area contributed by atoms with Crippen LogP contribution in [0.4, 0.5) is 10.5 Å². The molecule has 38 heavy (non-hydrogen) atoms. The zero-order chi connectivity index (χ0) is 28.3. The second kappa shape index (κ2) is 11.7. The lowest BCUT2D eigenvalue weighted by atomic mass is 9.98. The van der Waals surface area contributed by atoms with Gasteiger partial charge in [0.25, 0.3) is 5.56 Å². The molecule has 1 amide bonds. The third kappa shape index (κ3) is 6.48. The van der Waals surface area contributed by atoms with E-state index in [1.807, 2.05) is 0 Å². The molecule has 1 atom stereocenters. The van der Waals surface area contributed by atoms with Crippen molar-refractivity contribution < 1.29 is 31.1 Å². The molecule has 3 rings (SSSR count). The minimum Gasteiger partial charge on any atom is -0.496 e. The van der Waals surface area contributed by atoms with Crippen molar-refractivity contribution in [1.82, 2.24) is 9.47 Å². The summed E-state index contributed by atoms with van der Waals surface area (Å²) >= 11 is 0. The van der Waals surface area contributed by atoms with Crippen LogP contribution < -0.4 is 19.7 Å². The van der Waals surface area contributed by atoms with E-state index in [0.29, 0.717) is 40.9 Å². The van der Waals surface area contributed by atoms with Crippen LogP contribution in [0.1, 0.15) is 32.3 Å². The van der Waals surface area contributed by atoms with Crippen molar-refractivity contribution in [3.05, 3.63) is 46.4 Å². The second-order valence-corrected chi connectivity index (χ2v) is 13.4. The van der Waals surface area contributed by atoms with Gasteiger partial charge in [0, 0.05) is 38.0 Å². The van der Waals surface area contributed by atoms with Gasteiger partial charge in [-0.3, -0.25) is 9.69 Å². The Morgan fingerprint density at radius 1 is 1.11 bits per heavy atom. The van der Waals surface area contributed by atoms with Gasteiger partial charge in [-0.15, -0.1) is 0 Å². The van der Waals surface area contributed by atoms with Gasteiger partial charge >= 0.3 is 6.09 Å². The highest BCUT2D eigenvalue weighted by atomic mass is 32.3. The number of hydrogen-bond donors (Lipinski definition) is 1. The fraction of sp³-hybridized carbons (Fsp3) is 0.500. The highest BCUT2D eigenvalue weighted by Gasteiger charge is 2.33. The van der Waals surface area contributed by atoms with Crippen LogP contribution in [0.3, 0.4) is 0 Å². The average Bonchev–Trinajstić information content (AvgIpc) is 2.86. The smallest absolute Gasteiger partial charge is 0.404 e. The lowest BCUT2D eigenvalue weighted by Gasteiger charge is -2.32. The Morgan fingerprint density at radius 3 is 2.34 bits per heavy atom. The standard InChI is InChI=1S/C24H34N4O8S2/c1-5-37(31,32)28(38(33,34)6-2)18-10-9-17(14-27-11-7-8-19(15-27)36-24(25)30)20(12-18)21-16-26(3)23(29)13-22(21)35-4/h9-10,12-13,16,19H,5-8,11,14-15H2,1-4H3,(H2,25,30). The monoisotopic (exact) mass is 570 g/mol. The zero-order valence-corrected chi connectivity index (χ0v) is 23.5. The first kappa shape index (κ1) is 29.5. The lowest BCUT2D eigenvalue weighted by Crippen LogP contribution is -2.41. The second-order valence-electron chi connectivity index (χ2n) is 8.98. The number of likely N-dealkylation sites (tertiary alicyclic amines) is 1. The van der Waals surface area contributed by atoms with Gasteiger partial charge in [-0.05, 0) is 56.5 Å². The summed E-state index contributed by atoms with van der Waals surface area (Å²) in [6.45, 7) is 4.28. The number of carbonyl (C=O) groups excluding carboxylic acids is 1. The Hall–Kier alpha value is -3.10. The van der Waals surface area contributed by atoms with Crippen LogP contribution in [0.25, 0.3) is 11.1 Å². The van der Waals surface area contributed by atoms with E-state index in [2.05, 4.69) is 4.90 Å². The van der Waals surface area contributed by atoms with E-state index >= 15 is 0 Å². The summed E-state index contributed by atoms with van der Waals surface area (Å²) < 4.78 is 64.2. The first-order valence-electron chi connectivity index (χ1n) is 12.1. The molecule has 0 bridgehead atoms. The quantitative estimate of drug-likeness (QED) is 0.448. The summed E-state index contributed by atoms with van der Waals surface area (Å²) in [5, 5.41) is 0. The molecule has 2 aromatic rings. The minimum absolute atomic E-state index is 0.0445. The molecule has 2 heterocycles. The fourth-order valence-electron chi connectivity index (χ4n) is 4.44. The molecule has 1 aromatic carbocycles. The number of nitrogens with zero attached hydrogens (tertiary/aromatic N) is 3. The van der Waals surface area contributed by atoms with E-state index in [0.717, 1.165) is 12.0 Å². The van der Waals surface area contributed by atoms with Crippen molar-refractivity contribution in [2.24, 2.45) is 12.8 Å². The summed E-state index contributed by atoms with van der Waals surface area (Å²) in [5.41, 5.74) is 6.55. The average molecular weight is 571 g/mol. The van der Waals surface area contributed by atoms with Crippen molar-refractivity contribution in [2.75, 3.05) is 35.4 Å². The molecule has 1 unspecified atom stereocenters. The highest BCUT2D eigenvalue weighted by Crippen LogP contribution is 2.36. The van der Waals surface area contributed by atoms with E-state index in [1.54, 1.807) is 19.3 Å². The van der Waals surface area contributed by atoms with Crippen molar-refractivity contribution in [3.63, 3.8) is 0 Å². The van der Waals surface area contributed by atoms with Gasteiger partial charge in [0.15, 0.2) is 0 Å². The van der Waals surface area contributed by atoms with E-state index in [-0.39, 0.29) is 23.1 Å². The Balaban J connectivity index is 2.20.